The van der Waals surface area contributed by atoms with Crippen molar-refractivity contribution in [1.82, 2.24) is 4.90 Å². The van der Waals surface area contributed by atoms with Gasteiger partial charge in [-0.3, -0.25) is 4.90 Å². The first-order valence-corrected chi connectivity index (χ1v) is 5.39. The number of methoxy groups -OCH3 is 1. The Morgan fingerprint density at radius 3 is 2.76 bits per heavy atom. The lowest BCUT2D eigenvalue weighted by molar-refractivity contribution is 0.0574. The highest BCUT2D eigenvalue weighted by Crippen LogP contribution is 2.19. The number of carbonyl (C=O) groups excluding carboxylic acids is 1. The largest absolute Gasteiger partial charge is 0.467 e. The summed E-state index contributed by atoms with van der Waals surface area (Å²) in [7, 11) is 3.19. The maximum absolute atomic E-state index is 11.4. The maximum Gasteiger partial charge on any atom is 0.341 e. The molecule has 1 heterocycles. The quantitative estimate of drug-likeness (QED) is 0.786. The molecule has 0 amide bonds. The van der Waals surface area contributed by atoms with Gasteiger partial charge in [-0.25, -0.2) is 4.79 Å². The monoisotopic (exact) mass is 241 g/mol. The summed E-state index contributed by atoms with van der Waals surface area (Å²) in [5.41, 5.74) is 0.0493. The van der Waals surface area contributed by atoms with Gasteiger partial charge in [0.2, 0.25) is 0 Å². The number of rotatable bonds is 5. The summed E-state index contributed by atoms with van der Waals surface area (Å²) in [6, 6.07) is 1.58. The van der Waals surface area contributed by atoms with Crippen LogP contribution < -0.4 is 0 Å². The van der Waals surface area contributed by atoms with Gasteiger partial charge >= 0.3 is 5.97 Å². The zero-order valence-corrected chi connectivity index (χ0v) is 10.7. The van der Waals surface area contributed by atoms with Crippen LogP contribution in [0.4, 0.5) is 0 Å². The number of furan rings is 1. The molecular formula is C12H19NO4. The van der Waals surface area contributed by atoms with E-state index in [0.29, 0.717) is 17.9 Å². The third kappa shape index (κ3) is 3.08. The fourth-order valence-electron chi connectivity index (χ4n) is 1.31. The van der Waals surface area contributed by atoms with E-state index in [-0.39, 0.29) is 12.1 Å². The van der Waals surface area contributed by atoms with Crippen LogP contribution in [-0.2, 0) is 11.3 Å². The van der Waals surface area contributed by atoms with Crippen molar-refractivity contribution in [2.75, 3.05) is 20.8 Å². The molecule has 0 aliphatic rings. The molecule has 0 spiro atoms. The van der Waals surface area contributed by atoms with Crippen molar-refractivity contribution in [3.8, 4) is 0 Å². The van der Waals surface area contributed by atoms with Crippen molar-refractivity contribution in [3.63, 3.8) is 0 Å². The van der Waals surface area contributed by atoms with Crippen molar-refractivity contribution in [2.24, 2.45) is 0 Å². The van der Waals surface area contributed by atoms with E-state index in [1.807, 2.05) is 25.8 Å². The minimum absolute atomic E-state index is 0.0256. The van der Waals surface area contributed by atoms with Crippen molar-refractivity contribution in [1.29, 1.82) is 0 Å². The molecule has 0 fully saturated rings. The highest BCUT2D eigenvalue weighted by atomic mass is 16.5. The van der Waals surface area contributed by atoms with Gasteiger partial charge in [0.1, 0.15) is 11.3 Å². The number of nitrogens with zero attached hydrogens (tertiary/aromatic N) is 1. The van der Waals surface area contributed by atoms with Gasteiger partial charge in [0, 0.05) is 5.54 Å². The lowest BCUT2D eigenvalue weighted by Gasteiger charge is -2.33. The predicted octanol–water partition coefficient (Wildman–Crippen LogP) is 1.27. The molecule has 96 valence electrons. The van der Waals surface area contributed by atoms with Gasteiger partial charge in [0.05, 0.1) is 26.5 Å². The molecule has 1 rings (SSSR count). The highest BCUT2D eigenvalue weighted by molar-refractivity contribution is 5.90. The van der Waals surface area contributed by atoms with Crippen LogP contribution in [0.25, 0.3) is 0 Å². The molecule has 0 atom stereocenters. The van der Waals surface area contributed by atoms with Crippen LogP contribution in [0, 0.1) is 0 Å². The van der Waals surface area contributed by atoms with Crippen LogP contribution in [-0.4, -0.2) is 42.3 Å². The zero-order chi connectivity index (χ0) is 13.1. The number of carbonyl (C=O) groups is 1. The summed E-state index contributed by atoms with van der Waals surface area (Å²) in [4.78, 5) is 13.4. The maximum atomic E-state index is 11.4. The van der Waals surface area contributed by atoms with E-state index in [4.69, 9.17) is 4.42 Å². The number of hydrogen-bond donors (Lipinski definition) is 1. The van der Waals surface area contributed by atoms with E-state index in [0.717, 1.165) is 0 Å². The van der Waals surface area contributed by atoms with Crippen molar-refractivity contribution >= 4 is 5.97 Å². The lowest BCUT2D eigenvalue weighted by Crippen LogP contribution is -2.43. The SMILES string of the molecule is COC(=O)c1ccoc1CN(C)C(C)(C)CO. The first kappa shape index (κ1) is 13.7. The van der Waals surface area contributed by atoms with Crippen molar-refractivity contribution < 1.29 is 19.1 Å². The number of likely N-dealkylation sites (N-methyl/N-ethyl adjacent to an activating group) is 1. The molecule has 0 bridgehead atoms. The third-order valence-corrected chi connectivity index (χ3v) is 2.95. The Kier molecular flexibility index (Phi) is 4.31. The van der Waals surface area contributed by atoms with Gasteiger partial charge in [-0.2, -0.15) is 0 Å². The summed E-state index contributed by atoms with van der Waals surface area (Å²) >= 11 is 0. The van der Waals surface area contributed by atoms with Crippen LogP contribution >= 0.6 is 0 Å². The second-order valence-electron chi connectivity index (χ2n) is 4.58. The summed E-state index contributed by atoms with van der Waals surface area (Å²) < 4.78 is 9.94. The molecule has 5 nitrogen and oxygen atoms in total. The number of esters is 1. The van der Waals surface area contributed by atoms with E-state index in [9.17, 15) is 9.90 Å². The van der Waals surface area contributed by atoms with Gasteiger partial charge in [-0.1, -0.05) is 0 Å². The van der Waals surface area contributed by atoms with E-state index in [2.05, 4.69) is 4.74 Å². The molecule has 0 aromatic carbocycles. The second-order valence-corrected chi connectivity index (χ2v) is 4.58. The Morgan fingerprint density at radius 1 is 1.59 bits per heavy atom. The van der Waals surface area contributed by atoms with Gasteiger partial charge in [-0.15, -0.1) is 0 Å². The fourth-order valence-corrected chi connectivity index (χ4v) is 1.31. The lowest BCUT2D eigenvalue weighted by atomic mass is 10.0. The molecule has 0 aliphatic heterocycles. The number of aliphatic hydroxyl groups is 1. The second kappa shape index (κ2) is 5.33. The summed E-state index contributed by atoms with van der Waals surface area (Å²) in [6.45, 7) is 4.28. The minimum Gasteiger partial charge on any atom is -0.467 e. The van der Waals surface area contributed by atoms with E-state index in [1.165, 1.54) is 13.4 Å². The van der Waals surface area contributed by atoms with Gasteiger partial charge < -0.3 is 14.3 Å². The molecule has 0 saturated heterocycles. The highest BCUT2D eigenvalue weighted by Gasteiger charge is 2.25. The Labute approximate surface area is 101 Å². The average Bonchev–Trinajstić information content (AvgIpc) is 2.76. The topological polar surface area (TPSA) is 62.9 Å². The summed E-state index contributed by atoms with van der Waals surface area (Å²) in [5, 5.41) is 9.25. The Balaban J connectivity index is 2.82. The standard InChI is InChI=1S/C12H19NO4/c1-12(2,8-14)13(3)7-10-9(5-6-17-10)11(15)16-4/h5-6,14H,7-8H2,1-4H3. The number of hydrogen-bond acceptors (Lipinski definition) is 5. The molecule has 17 heavy (non-hydrogen) atoms. The molecule has 1 aromatic heterocycles. The van der Waals surface area contributed by atoms with Crippen LogP contribution in [0.15, 0.2) is 16.7 Å². The molecular weight excluding hydrogens is 222 g/mol. The molecule has 0 saturated carbocycles. The Hall–Kier alpha value is -1.33. The molecule has 0 radical (unpaired) electrons. The first-order chi connectivity index (χ1) is 7.92. The van der Waals surface area contributed by atoms with Crippen LogP contribution in [0.2, 0.25) is 0 Å². The van der Waals surface area contributed by atoms with Gasteiger partial charge in [-0.05, 0) is 27.0 Å². The normalized spacial score (nSPS) is 11.9. The van der Waals surface area contributed by atoms with Crippen molar-refractivity contribution in [3.05, 3.63) is 23.7 Å². The molecule has 5 heteroatoms. The number of ether oxygens (including phenoxy) is 1. The summed E-state index contributed by atoms with van der Waals surface area (Å²) in [6.07, 6.45) is 1.46. The zero-order valence-electron chi connectivity index (χ0n) is 10.7. The van der Waals surface area contributed by atoms with Crippen LogP contribution in [0.3, 0.4) is 0 Å². The van der Waals surface area contributed by atoms with Crippen LogP contribution in [0.1, 0.15) is 30.0 Å². The molecule has 0 unspecified atom stereocenters. The van der Waals surface area contributed by atoms with Crippen LogP contribution in [0.5, 0.6) is 0 Å². The minimum atomic E-state index is -0.413. The van der Waals surface area contributed by atoms with E-state index >= 15 is 0 Å². The molecule has 0 aliphatic carbocycles. The predicted molar refractivity (Wildman–Crippen MR) is 62.7 cm³/mol. The van der Waals surface area contributed by atoms with E-state index in [1.54, 1.807) is 6.07 Å². The Morgan fingerprint density at radius 2 is 2.24 bits per heavy atom. The third-order valence-electron chi connectivity index (χ3n) is 2.95. The number of aliphatic hydroxyl groups excluding tert-OH is 1. The molecule has 1 aromatic rings. The van der Waals surface area contributed by atoms with Crippen molar-refractivity contribution in [2.45, 2.75) is 25.9 Å². The summed E-state index contributed by atoms with van der Waals surface area (Å²) in [5.74, 6) is 0.129. The van der Waals surface area contributed by atoms with Gasteiger partial charge in [0.25, 0.3) is 0 Å². The average molecular weight is 241 g/mol. The fraction of sp³-hybridized carbons (Fsp3) is 0.583. The molecule has 1 N–H and O–H groups in total. The smallest absolute Gasteiger partial charge is 0.341 e. The van der Waals surface area contributed by atoms with Gasteiger partial charge in [0.15, 0.2) is 0 Å². The van der Waals surface area contributed by atoms with E-state index < -0.39 is 5.97 Å². The first-order valence-electron chi connectivity index (χ1n) is 5.39. The Bertz CT molecular complexity index is 384.